The monoisotopic (exact) mass is 198 g/mol. The van der Waals surface area contributed by atoms with Crippen LogP contribution in [-0.4, -0.2) is 11.7 Å². The van der Waals surface area contributed by atoms with Crippen molar-refractivity contribution in [1.29, 1.82) is 0 Å². The maximum Gasteiger partial charge on any atom is 1.00 e. The summed E-state index contributed by atoms with van der Waals surface area (Å²) >= 11 is 0. The van der Waals surface area contributed by atoms with E-state index in [1.807, 2.05) is 24.3 Å². The van der Waals surface area contributed by atoms with E-state index in [-0.39, 0.29) is 23.7 Å². The molecule has 0 spiro atoms. The molecule has 0 aromatic heterocycles. The van der Waals surface area contributed by atoms with Gasteiger partial charge in [-0.15, -0.1) is 0 Å². The summed E-state index contributed by atoms with van der Waals surface area (Å²) in [6.07, 6.45) is 1.80. The second-order valence-corrected chi connectivity index (χ2v) is 2.24. The average molecular weight is 199 g/mol. The Labute approximate surface area is 77.9 Å². The van der Waals surface area contributed by atoms with Crippen LogP contribution < -0.4 is 0 Å². The SMILES string of the molecule is OCCCc1c[c-]ccc1.[Cu+]. The minimum absolute atomic E-state index is 0. The van der Waals surface area contributed by atoms with Crippen molar-refractivity contribution in [2.45, 2.75) is 12.8 Å². The minimum atomic E-state index is 0. The van der Waals surface area contributed by atoms with E-state index in [1.54, 1.807) is 0 Å². The zero-order chi connectivity index (χ0) is 7.23. The molecule has 1 rings (SSSR count). The van der Waals surface area contributed by atoms with Gasteiger partial charge in [-0.3, -0.25) is 0 Å². The van der Waals surface area contributed by atoms with Crippen LogP contribution in [0.25, 0.3) is 0 Å². The van der Waals surface area contributed by atoms with Gasteiger partial charge in [0.2, 0.25) is 0 Å². The van der Waals surface area contributed by atoms with Crippen LogP contribution in [0.2, 0.25) is 0 Å². The molecule has 0 heterocycles. The largest absolute Gasteiger partial charge is 1.00 e. The van der Waals surface area contributed by atoms with Crippen molar-refractivity contribution in [3.63, 3.8) is 0 Å². The molecular weight excluding hydrogens is 188 g/mol. The molecule has 0 saturated carbocycles. The molecule has 11 heavy (non-hydrogen) atoms. The van der Waals surface area contributed by atoms with Crippen molar-refractivity contribution in [1.82, 2.24) is 0 Å². The van der Waals surface area contributed by atoms with Gasteiger partial charge in [0.05, 0.1) is 0 Å². The Kier molecular flexibility index (Phi) is 6.24. The molecule has 64 valence electrons. The van der Waals surface area contributed by atoms with Crippen LogP contribution in [0.15, 0.2) is 24.3 Å². The van der Waals surface area contributed by atoms with E-state index in [2.05, 4.69) is 6.07 Å². The summed E-state index contributed by atoms with van der Waals surface area (Å²) in [5, 5.41) is 8.52. The molecule has 0 aliphatic heterocycles. The minimum Gasteiger partial charge on any atom is -0.396 e. The van der Waals surface area contributed by atoms with Gasteiger partial charge >= 0.3 is 17.1 Å². The molecular formula is C9H11CuO. The zero-order valence-electron chi connectivity index (χ0n) is 6.18. The summed E-state index contributed by atoms with van der Waals surface area (Å²) in [7, 11) is 0. The Hall–Kier alpha value is -0.301. The van der Waals surface area contributed by atoms with Crippen molar-refractivity contribution >= 4 is 0 Å². The second-order valence-electron chi connectivity index (χ2n) is 2.24. The third kappa shape index (κ3) is 4.20. The van der Waals surface area contributed by atoms with E-state index >= 15 is 0 Å². The van der Waals surface area contributed by atoms with Gasteiger partial charge in [0.25, 0.3) is 0 Å². The number of hydrogen-bond donors (Lipinski definition) is 1. The molecule has 0 atom stereocenters. The molecule has 0 fully saturated rings. The van der Waals surface area contributed by atoms with Gasteiger partial charge in [-0.05, 0) is 6.42 Å². The van der Waals surface area contributed by atoms with Crippen molar-refractivity contribution in [2.24, 2.45) is 0 Å². The van der Waals surface area contributed by atoms with Crippen LogP contribution in [0, 0.1) is 6.07 Å². The Morgan fingerprint density at radius 3 is 2.82 bits per heavy atom. The van der Waals surface area contributed by atoms with E-state index in [4.69, 9.17) is 5.11 Å². The van der Waals surface area contributed by atoms with Crippen molar-refractivity contribution in [3.05, 3.63) is 35.9 Å². The summed E-state index contributed by atoms with van der Waals surface area (Å²) in [5.41, 5.74) is 1.25. The molecule has 0 saturated heterocycles. The fraction of sp³-hybridized carbons (Fsp3) is 0.333. The topological polar surface area (TPSA) is 20.2 Å². The van der Waals surface area contributed by atoms with Gasteiger partial charge in [0, 0.05) is 6.61 Å². The van der Waals surface area contributed by atoms with Gasteiger partial charge in [-0.1, -0.05) is 6.42 Å². The van der Waals surface area contributed by atoms with Crippen LogP contribution in [0.3, 0.4) is 0 Å². The maximum atomic E-state index is 8.52. The van der Waals surface area contributed by atoms with Crippen LogP contribution in [0.1, 0.15) is 12.0 Å². The van der Waals surface area contributed by atoms with Crippen LogP contribution in [0.4, 0.5) is 0 Å². The van der Waals surface area contributed by atoms with E-state index in [9.17, 15) is 0 Å². The molecule has 0 aliphatic rings. The molecule has 1 aromatic rings. The number of rotatable bonds is 3. The van der Waals surface area contributed by atoms with Crippen molar-refractivity contribution in [3.8, 4) is 0 Å². The summed E-state index contributed by atoms with van der Waals surface area (Å²) in [4.78, 5) is 0. The Morgan fingerprint density at radius 2 is 2.27 bits per heavy atom. The predicted molar refractivity (Wildman–Crippen MR) is 40.7 cm³/mol. The third-order valence-corrected chi connectivity index (χ3v) is 1.40. The summed E-state index contributed by atoms with van der Waals surface area (Å²) in [6, 6.07) is 10.8. The van der Waals surface area contributed by atoms with E-state index in [0.717, 1.165) is 12.8 Å². The number of benzene rings is 1. The molecule has 1 aromatic carbocycles. The molecule has 2 heteroatoms. The predicted octanol–water partition coefficient (Wildman–Crippen LogP) is 1.41. The second kappa shape index (κ2) is 6.41. The van der Waals surface area contributed by atoms with Crippen molar-refractivity contribution < 1.29 is 22.2 Å². The maximum absolute atomic E-state index is 8.52. The van der Waals surface area contributed by atoms with Crippen LogP contribution in [0.5, 0.6) is 0 Å². The van der Waals surface area contributed by atoms with Crippen LogP contribution in [-0.2, 0) is 23.5 Å². The summed E-state index contributed by atoms with van der Waals surface area (Å²) in [5.74, 6) is 0. The first-order chi connectivity index (χ1) is 4.93. The standard InChI is InChI=1S/C9H11O.Cu/c10-8-4-7-9-5-2-1-3-6-9;/h1-2,5-6,10H,4,7-8H2;/q-1;+1. The van der Waals surface area contributed by atoms with Crippen molar-refractivity contribution in [2.75, 3.05) is 6.61 Å². The number of aliphatic hydroxyl groups is 1. The first kappa shape index (κ1) is 10.7. The smallest absolute Gasteiger partial charge is 0.396 e. The Balaban J connectivity index is 0.000001000. The number of aryl methyl sites for hydroxylation is 1. The molecule has 0 radical (unpaired) electrons. The zero-order valence-corrected chi connectivity index (χ0v) is 7.12. The number of hydrogen-bond acceptors (Lipinski definition) is 1. The van der Waals surface area contributed by atoms with E-state index in [0.29, 0.717) is 0 Å². The molecule has 1 nitrogen and oxygen atoms in total. The quantitative estimate of drug-likeness (QED) is 0.575. The number of aliphatic hydroxyl groups excluding tert-OH is 1. The van der Waals surface area contributed by atoms with E-state index in [1.165, 1.54) is 5.56 Å². The van der Waals surface area contributed by atoms with Crippen LogP contribution >= 0.6 is 0 Å². The first-order valence-electron chi connectivity index (χ1n) is 3.49. The molecule has 0 unspecified atom stereocenters. The fourth-order valence-electron chi connectivity index (χ4n) is 0.869. The van der Waals surface area contributed by atoms with Gasteiger partial charge < -0.3 is 5.11 Å². The Bertz CT molecular complexity index is 174. The molecule has 0 amide bonds. The van der Waals surface area contributed by atoms with Gasteiger partial charge in [0.1, 0.15) is 0 Å². The van der Waals surface area contributed by atoms with Gasteiger partial charge in [-0.25, -0.2) is 0 Å². The first-order valence-corrected chi connectivity index (χ1v) is 3.49. The van der Waals surface area contributed by atoms with Gasteiger partial charge in [0.15, 0.2) is 0 Å². The van der Waals surface area contributed by atoms with Gasteiger partial charge in [-0.2, -0.15) is 35.9 Å². The molecule has 0 bridgehead atoms. The van der Waals surface area contributed by atoms with E-state index < -0.39 is 0 Å². The third-order valence-electron chi connectivity index (χ3n) is 1.40. The molecule has 1 N–H and O–H groups in total. The average Bonchev–Trinajstić information content (AvgIpc) is 2.03. The fourth-order valence-corrected chi connectivity index (χ4v) is 0.869. The summed E-state index contributed by atoms with van der Waals surface area (Å²) in [6.45, 7) is 0.273. The summed E-state index contributed by atoms with van der Waals surface area (Å²) < 4.78 is 0. The molecule has 0 aliphatic carbocycles. The normalized spacial score (nSPS) is 8.82. The Morgan fingerprint density at radius 1 is 1.45 bits per heavy atom.